The third-order valence-corrected chi connectivity index (χ3v) is 5.16. The minimum atomic E-state index is -3.02. The molecule has 1 aliphatic rings. The zero-order chi connectivity index (χ0) is 15.5. The van der Waals surface area contributed by atoms with Crippen LogP contribution in [0, 0.1) is 0 Å². The van der Waals surface area contributed by atoms with Crippen molar-refractivity contribution >= 4 is 27.3 Å². The number of sulfone groups is 1. The lowest BCUT2D eigenvalue weighted by molar-refractivity contribution is 0.181. The Morgan fingerprint density at radius 3 is 2.81 bits per heavy atom. The number of cyclic esters (lactones) is 1. The summed E-state index contributed by atoms with van der Waals surface area (Å²) in [4.78, 5) is 13.1. The van der Waals surface area contributed by atoms with E-state index in [0.29, 0.717) is 13.2 Å². The van der Waals surface area contributed by atoms with E-state index in [4.69, 9.17) is 4.74 Å². The summed E-state index contributed by atoms with van der Waals surface area (Å²) in [6.07, 6.45) is -0.353. The molecule has 0 aliphatic carbocycles. The summed E-state index contributed by atoms with van der Waals surface area (Å²) in [5.41, 5.74) is 1.53. The van der Waals surface area contributed by atoms with E-state index in [1.165, 1.54) is 0 Å². The Morgan fingerprint density at radius 1 is 1.43 bits per heavy atom. The van der Waals surface area contributed by atoms with Gasteiger partial charge in [-0.05, 0) is 25.1 Å². The number of benzene rings is 1. The normalized spacial score (nSPS) is 16.7. The quantitative estimate of drug-likeness (QED) is 0.868. The van der Waals surface area contributed by atoms with Crippen LogP contribution in [0.3, 0.4) is 0 Å². The fraction of sp³-hybridized carbons (Fsp3) is 0.500. The number of carbonyl (C=O) groups is 1. The lowest BCUT2D eigenvalue weighted by atomic mass is 10.2. The molecular formula is C14H20N2O4S. The largest absolute Gasteiger partial charge is 0.447 e. The minimum absolute atomic E-state index is 0.0828. The van der Waals surface area contributed by atoms with Gasteiger partial charge < -0.3 is 10.1 Å². The number of nitrogens with zero attached hydrogens (tertiary/aromatic N) is 1. The molecule has 1 N–H and O–H groups in total. The maximum Gasteiger partial charge on any atom is 0.414 e. The van der Waals surface area contributed by atoms with Crippen molar-refractivity contribution < 1.29 is 17.9 Å². The van der Waals surface area contributed by atoms with Crippen molar-refractivity contribution in [1.29, 1.82) is 0 Å². The summed E-state index contributed by atoms with van der Waals surface area (Å²) >= 11 is 0. The first-order chi connectivity index (χ1) is 9.91. The van der Waals surface area contributed by atoms with Crippen molar-refractivity contribution in [2.24, 2.45) is 0 Å². The molecule has 1 heterocycles. The predicted octanol–water partition coefficient (Wildman–Crippen LogP) is 1.88. The number of ether oxygens (including phenoxy) is 1. The highest BCUT2D eigenvalue weighted by Crippen LogP contribution is 2.22. The van der Waals surface area contributed by atoms with E-state index in [9.17, 15) is 13.2 Å². The van der Waals surface area contributed by atoms with E-state index in [0.717, 1.165) is 11.4 Å². The number of nitrogens with one attached hydrogen (secondary N) is 1. The van der Waals surface area contributed by atoms with Crippen LogP contribution in [0.1, 0.15) is 13.8 Å². The van der Waals surface area contributed by atoms with Gasteiger partial charge in [-0.2, -0.15) is 0 Å². The van der Waals surface area contributed by atoms with E-state index in [2.05, 4.69) is 5.32 Å². The van der Waals surface area contributed by atoms with Gasteiger partial charge in [-0.15, -0.1) is 0 Å². The molecule has 0 spiro atoms. The fourth-order valence-electron chi connectivity index (χ4n) is 2.22. The number of hydrogen-bond acceptors (Lipinski definition) is 5. The second-order valence-electron chi connectivity index (χ2n) is 5.06. The van der Waals surface area contributed by atoms with E-state index in [1.807, 2.05) is 31.2 Å². The number of anilines is 2. The summed E-state index contributed by atoms with van der Waals surface area (Å²) in [5, 5.41) is 3.15. The Bertz CT molecular complexity index is 615. The van der Waals surface area contributed by atoms with Crippen molar-refractivity contribution in [3.63, 3.8) is 0 Å². The molecular weight excluding hydrogens is 292 g/mol. The van der Waals surface area contributed by atoms with Gasteiger partial charge >= 0.3 is 6.09 Å². The van der Waals surface area contributed by atoms with Gasteiger partial charge in [-0.3, -0.25) is 4.90 Å². The molecule has 0 saturated carbocycles. The molecule has 1 aliphatic heterocycles. The average molecular weight is 312 g/mol. The first-order valence-electron chi connectivity index (χ1n) is 6.92. The summed E-state index contributed by atoms with van der Waals surface area (Å²) in [5.74, 6) is 0.220. The number of rotatable bonds is 6. The summed E-state index contributed by atoms with van der Waals surface area (Å²) < 4.78 is 28.1. The molecule has 1 fully saturated rings. The first-order valence-corrected chi connectivity index (χ1v) is 8.75. The van der Waals surface area contributed by atoms with Gasteiger partial charge in [0.25, 0.3) is 0 Å². The van der Waals surface area contributed by atoms with Gasteiger partial charge in [-0.1, -0.05) is 13.0 Å². The summed E-state index contributed by atoms with van der Waals surface area (Å²) in [7, 11) is -3.02. The van der Waals surface area contributed by atoms with Crippen molar-refractivity contribution in [3.8, 4) is 0 Å². The Labute approximate surface area is 125 Å². The van der Waals surface area contributed by atoms with Gasteiger partial charge in [0.1, 0.15) is 6.61 Å². The third-order valence-electron chi connectivity index (χ3n) is 3.28. The second-order valence-corrected chi connectivity index (χ2v) is 7.46. The summed E-state index contributed by atoms with van der Waals surface area (Å²) in [6.45, 7) is 4.38. The molecule has 1 aromatic carbocycles. The van der Waals surface area contributed by atoms with Gasteiger partial charge in [0, 0.05) is 23.2 Å². The Kier molecular flexibility index (Phi) is 4.72. The van der Waals surface area contributed by atoms with Gasteiger partial charge in [0.05, 0.1) is 12.3 Å². The molecule has 6 nitrogen and oxygen atoms in total. The number of amides is 1. The molecule has 2 rings (SSSR count). The van der Waals surface area contributed by atoms with Crippen molar-refractivity contribution in [3.05, 3.63) is 24.3 Å². The van der Waals surface area contributed by atoms with Crippen LogP contribution < -0.4 is 10.2 Å². The van der Waals surface area contributed by atoms with Crippen LogP contribution in [0.25, 0.3) is 0 Å². The number of carbonyl (C=O) groups excluding carboxylic acids is 1. The molecule has 1 amide bonds. The average Bonchev–Trinajstić information content (AvgIpc) is 2.84. The van der Waals surface area contributed by atoms with Crippen LogP contribution in [0.15, 0.2) is 24.3 Å². The van der Waals surface area contributed by atoms with Gasteiger partial charge in [0.15, 0.2) is 9.84 Å². The van der Waals surface area contributed by atoms with Crippen molar-refractivity contribution in [2.45, 2.75) is 19.9 Å². The monoisotopic (exact) mass is 312 g/mol. The zero-order valence-corrected chi connectivity index (χ0v) is 13.0. The second kappa shape index (κ2) is 6.34. The minimum Gasteiger partial charge on any atom is -0.447 e. The molecule has 1 unspecified atom stereocenters. The van der Waals surface area contributed by atoms with E-state index >= 15 is 0 Å². The maximum atomic E-state index is 11.6. The topological polar surface area (TPSA) is 75.7 Å². The molecule has 0 aromatic heterocycles. The van der Waals surface area contributed by atoms with Crippen LogP contribution in [0.2, 0.25) is 0 Å². The summed E-state index contributed by atoms with van der Waals surface area (Å²) in [6, 6.07) is 7.12. The fourth-order valence-corrected chi connectivity index (χ4v) is 3.30. The van der Waals surface area contributed by atoms with Gasteiger partial charge in [-0.25, -0.2) is 13.2 Å². The Balaban J connectivity index is 2.06. The smallest absolute Gasteiger partial charge is 0.414 e. The number of hydrogen-bond donors (Lipinski definition) is 1. The molecule has 0 bridgehead atoms. The van der Waals surface area contributed by atoms with Crippen LogP contribution in [-0.4, -0.2) is 45.2 Å². The Morgan fingerprint density at radius 2 is 2.19 bits per heavy atom. The maximum absolute atomic E-state index is 11.6. The molecule has 1 atom stereocenters. The first kappa shape index (κ1) is 15.6. The van der Waals surface area contributed by atoms with Crippen molar-refractivity contribution in [2.75, 3.05) is 34.9 Å². The SMILES string of the molecule is CCS(=O)(=O)CC(C)Nc1cccc(N2CCOC2=O)c1. The molecule has 21 heavy (non-hydrogen) atoms. The predicted molar refractivity (Wildman–Crippen MR) is 82.5 cm³/mol. The van der Waals surface area contributed by atoms with E-state index in [1.54, 1.807) is 11.8 Å². The molecule has 1 aromatic rings. The van der Waals surface area contributed by atoms with Crippen molar-refractivity contribution in [1.82, 2.24) is 0 Å². The molecule has 1 saturated heterocycles. The highest BCUT2D eigenvalue weighted by atomic mass is 32.2. The molecule has 0 radical (unpaired) electrons. The zero-order valence-electron chi connectivity index (χ0n) is 12.2. The van der Waals surface area contributed by atoms with E-state index < -0.39 is 9.84 Å². The van der Waals surface area contributed by atoms with Crippen LogP contribution in [0.5, 0.6) is 0 Å². The van der Waals surface area contributed by atoms with Crippen LogP contribution in [-0.2, 0) is 14.6 Å². The molecule has 116 valence electrons. The molecule has 7 heteroatoms. The standard InChI is InChI=1S/C14H20N2O4S/c1-3-21(18,19)10-11(2)15-12-5-4-6-13(9-12)16-7-8-20-14(16)17/h4-6,9,11,15H,3,7-8,10H2,1-2H3. The highest BCUT2D eigenvalue weighted by Gasteiger charge is 2.23. The lowest BCUT2D eigenvalue weighted by Gasteiger charge is -2.18. The lowest BCUT2D eigenvalue weighted by Crippen LogP contribution is -2.27. The van der Waals surface area contributed by atoms with Crippen LogP contribution in [0.4, 0.5) is 16.2 Å². The van der Waals surface area contributed by atoms with Gasteiger partial charge in [0.2, 0.25) is 0 Å². The van der Waals surface area contributed by atoms with E-state index in [-0.39, 0.29) is 23.6 Å². The Hall–Kier alpha value is -1.76. The highest BCUT2D eigenvalue weighted by molar-refractivity contribution is 7.91. The third kappa shape index (κ3) is 4.10. The van der Waals surface area contributed by atoms with Crippen LogP contribution >= 0.6 is 0 Å².